The summed E-state index contributed by atoms with van der Waals surface area (Å²) in [7, 11) is 0. The Morgan fingerprint density at radius 1 is 1.13 bits per heavy atom. The zero-order chi connectivity index (χ0) is 22.3. The maximum atomic E-state index is 12.7. The van der Waals surface area contributed by atoms with Crippen LogP contribution in [0.4, 0.5) is 13.2 Å². The van der Waals surface area contributed by atoms with Crippen molar-refractivity contribution in [3.8, 4) is 6.01 Å². The number of halogens is 3. The van der Waals surface area contributed by atoms with Gasteiger partial charge in [-0.1, -0.05) is 19.1 Å². The van der Waals surface area contributed by atoms with E-state index in [0.29, 0.717) is 18.6 Å². The largest absolute Gasteiger partial charge is 0.465 e. The molecule has 0 aliphatic carbocycles. The minimum atomic E-state index is -4.41. The van der Waals surface area contributed by atoms with Crippen molar-refractivity contribution >= 4 is 5.78 Å². The Labute approximate surface area is 172 Å². The first-order valence-corrected chi connectivity index (χ1v) is 9.62. The van der Waals surface area contributed by atoms with Crippen LogP contribution in [0.3, 0.4) is 0 Å². The molecule has 0 radical (unpaired) electrons. The van der Waals surface area contributed by atoms with Gasteiger partial charge in [-0.05, 0) is 37.5 Å². The van der Waals surface area contributed by atoms with Gasteiger partial charge in [0.2, 0.25) is 0 Å². The second kappa shape index (κ2) is 10.4. The average Bonchev–Trinajstić information content (AvgIpc) is 2.66. The lowest BCUT2D eigenvalue weighted by Crippen LogP contribution is -2.17. The third-order valence-electron chi connectivity index (χ3n) is 4.28. The molecule has 9 heteroatoms. The Morgan fingerprint density at radius 2 is 1.80 bits per heavy atom. The summed E-state index contributed by atoms with van der Waals surface area (Å²) in [6.45, 7) is 6.31. The molecule has 164 valence electrons. The first-order chi connectivity index (χ1) is 14.1. The topological polar surface area (TPSA) is 81.3 Å². The van der Waals surface area contributed by atoms with E-state index in [0.717, 1.165) is 18.2 Å². The molecule has 1 unspecified atom stereocenters. The Balaban J connectivity index is 1.99. The standard InChI is InChI=1S/C21H25F3N2O4/c1-13(2)29-9-4-10-30-20-25-17(12-19(28)26-20)18(27)11-14(3)15-5-7-16(8-6-15)21(22,23)24/h5-8,12-14H,4,9-11H2,1-3H3,(H,25,26,28). The predicted octanol–water partition coefficient (Wildman–Crippen LogP) is 4.36. The van der Waals surface area contributed by atoms with E-state index >= 15 is 0 Å². The highest BCUT2D eigenvalue weighted by Gasteiger charge is 2.30. The first-order valence-electron chi connectivity index (χ1n) is 9.62. The number of nitrogens with zero attached hydrogens (tertiary/aromatic N) is 1. The van der Waals surface area contributed by atoms with E-state index in [1.807, 2.05) is 13.8 Å². The molecule has 0 saturated heterocycles. The molecule has 1 atom stereocenters. The van der Waals surface area contributed by atoms with E-state index in [4.69, 9.17) is 9.47 Å². The second-order valence-electron chi connectivity index (χ2n) is 7.21. The number of ketones is 1. The molecule has 0 saturated carbocycles. The van der Waals surface area contributed by atoms with E-state index in [2.05, 4.69) is 9.97 Å². The molecule has 1 N–H and O–H groups in total. The SMILES string of the molecule is CC(C)OCCCOc1nc(C(=O)CC(C)c2ccc(C(F)(F)F)cc2)cc(=O)[nH]1. The van der Waals surface area contributed by atoms with Crippen LogP contribution in [0.1, 0.15) is 61.1 Å². The van der Waals surface area contributed by atoms with Gasteiger partial charge in [0.05, 0.1) is 24.9 Å². The van der Waals surface area contributed by atoms with Gasteiger partial charge in [-0.2, -0.15) is 18.2 Å². The number of nitrogens with one attached hydrogen (secondary N) is 1. The minimum absolute atomic E-state index is 0.0104. The normalized spacial score (nSPS) is 12.8. The van der Waals surface area contributed by atoms with Gasteiger partial charge < -0.3 is 9.47 Å². The maximum Gasteiger partial charge on any atom is 0.416 e. The molecule has 0 spiro atoms. The Kier molecular flexibility index (Phi) is 8.16. The van der Waals surface area contributed by atoms with Crippen LogP contribution in [0, 0.1) is 0 Å². The van der Waals surface area contributed by atoms with Gasteiger partial charge in [-0.3, -0.25) is 14.6 Å². The van der Waals surface area contributed by atoms with Crippen molar-refractivity contribution < 1.29 is 27.4 Å². The van der Waals surface area contributed by atoms with Crippen molar-refractivity contribution in [2.45, 2.75) is 51.8 Å². The zero-order valence-corrected chi connectivity index (χ0v) is 17.1. The zero-order valence-electron chi connectivity index (χ0n) is 17.1. The highest BCUT2D eigenvalue weighted by Crippen LogP contribution is 2.30. The van der Waals surface area contributed by atoms with Crippen molar-refractivity contribution in [2.75, 3.05) is 13.2 Å². The number of carbonyl (C=O) groups is 1. The lowest BCUT2D eigenvalue weighted by atomic mass is 9.94. The fourth-order valence-corrected chi connectivity index (χ4v) is 2.69. The highest BCUT2D eigenvalue weighted by molar-refractivity contribution is 5.94. The van der Waals surface area contributed by atoms with E-state index < -0.39 is 23.1 Å². The quantitative estimate of drug-likeness (QED) is 0.451. The molecule has 2 aromatic rings. The predicted molar refractivity (Wildman–Crippen MR) is 105 cm³/mol. The molecular weight excluding hydrogens is 401 g/mol. The number of alkyl halides is 3. The molecule has 0 fully saturated rings. The molecule has 1 aromatic heterocycles. The van der Waals surface area contributed by atoms with Gasteiger partial charge in [0.25, 0.3) is 11.6 Å². The molecule has 0 bridgehead atoms. The summed E-state index contributed by atoms with van der Waals surface area (Å²) >= 11 is 0. The van der Waals surface area contributed by atoms with Crippen LogP contribution in [0.15, 0.2) is 35.1 Å². The number of rotatable bonds is 10. The first kappa shape index (κ1) is 23.6. The summed E-state index contributed by atoms with van der Waals surface area (Å²) < 4.78 is 48.8. The number of Topliss-reactive ketones (excluding diaryl/α,β-unsaturated/α-hetero) is 1. The molecule has 0 aliphatic rings. The summed E-state index contributed by atoms with van der Waals surface area (Å²) in [5.41, 5.74) is -0.737. The molecule has 6 nitrogen and oxygen atoms in total. The number of hydrogen-bond acceptors (Lipinski definition) is 5. The van der Waals surface area contributed by atoms with Gasteiger partial charge in [0.15, 0.2) is 5.78 Å². The smallest absolute Gasteiger partial charge is 0.416 e. The fourth-order valence-electron chi connectivity index (χ4n) is 2.69. The second-order valence-corrected chi connectivity index (χ2v) is 7.21. The van der Waals surface area contributed by atoms with Crippen molar-refractivity contribution in [1.82, 2.24) is 9.97 Å². The van der Waals surface area contributed by atoms with Crippen LogP contribution in [-0.2, 0) is 10.9 Å². The number of carbonyl (C=O) groups excluding carboxylic acids is 1. The van der Waals surface area contributed by atoms with Crippen LogP contribution >= 0.6 is 0 Å². The third kappa shape index (κ3) is 7.29. The van der Waals surface area contributed by atoms with Gasteiger partial charge in [-0.25, -0.2) is 0 Å². The third-order valence-corrected chi connectivity index (χ3v) is 4.28. The lowest BCUT2D eigenvalue weighted by molar-refractivity contribution is -0.137. The minimum Gasteiger partial charge on any atom is -0.465 e. The molecule has 1 aromatic carbocycles. The summed E-state index contributed by atoms with van der Waals surface area (Å²) in [4.78, 5) is 30.8. The summed E-state index contributed by atoms with van der Waals surface area (Å²) in [5, 5.41) is 0. The average molecular weight is 426 g/mol. The molecule has 0 aliphatic heterocycles. The van der Waals surface area contributed by atoms with Crippen molar-refractivity contribution in [3.05, 3.63) is 57.5 Å². The fraction of sp³-hybridized carbons (Fsp3) is 0.476. The number of ether oxygens (including phenoxy) is 2. The molecule has 0 amide bonds. The van der Waals surface area contributed by atoms with Crippen molar-refractivity contribution in [1.29, 1.82) is 0 Å². The summed E-state index contributed by atoms with van der Waals surface area (Å²) in [6, 6.07) is 5.68. The Hall–Kier alpha value is -2.68. The van der Waals surface area contributed by atoms with E-state index in [1.165, 1.54) is 12.1 Å². The molecule has 1 heterocycles. The van der Waals surface area contributed by atoms with E-state index in [-0.39, 0.29) is 36.8 Å². The van der Waals surface area contributed by atoms with Crippen LogP contribution in [-0.4, -0.2) is 35.1 Å². The van der Waals surface area contributed by atoms with Crippen molar-refractivity contribution in [3.63, 3.8) is 0 Å². The summed E-state index contributed by atoms with van der Waals surface area (Å²) in [6.07, 6.45) is -3.73. The van der Waals surface area contributed by atoms with E-state index in [9.17, 15) is 22.8 Å². The van der Waals surface area contributed by atoms with Crippen LogP contribution < -0.4 is 10.3 Å². The van der Waals surface area contributed by atoms with Gasteiger partial charge >= 0.3 is 6.18 Å². The van der Waals surface area contributed by atoms with Gasteiger partial charge in [0.1, 0.15) is 5.69 Å². The van der Waals surface area contributed by atoms with Crippen LogP contribution in [0.5, 0.6) is 6.01 Å². The number of hydrogen-bond donors (Lipinski definition) is 1. The van der Waals surface area contributed by atoms with Crippen molar-refractivity contribution in [2.24, 2.45) is 0 Å². The number of benzene rings is 1. The Bertz CT molecular complexity index is 892. The lowest BCUT2D eigenvalue weighted by Gasteiger charge is -2.13. The van der Waals surface area contributed by atoms with Crippen LogP contribution in [0.2, 0.25) is 0 Å². The molecular formula is C21H25F3N2O4. The highest BCUT2D eigenvalue weighted by atomic mass is 19.4. The Morgan fingerprint density at radius 3 is 2.40 bits per heavy atom. The monoisotopic (exact) mass is 426 g/mol. The van der Waals surface area contributed by atoms with E-state index in [1.54, 1.807) is 6.92 Å². The van der Waals surface area contributed by atoms with Gasteiger partial charge in [0, 0.05) is 18.9 Å². The summed E-state index contributed by atoms with van der Waals surface area (Å²) in [5.74, 6) is -0.750. The number of aromatic nitrogens is 2. The number of aromatic amines is 1. The number of H-pyrrole nitrogens is 1. The maximum absolute atomic E-state index is 12.7. The van der Waals surface area contributed by atoms with Gasteiger partial charge in [-0.15, -0.1) is 0 Å². The van der Waals surface area contributed by atoms with Crippen LogP contribution in [0.25, 0.3) is 0 Å². The molecule has 2 rings (SSSR count). The molecule has 30 heavy (non-hydrogen) atoms.